The largest absolute Gasteiger partial charge is 0.326 e. The van der Waals surface area contributed by atoms with E-state index in [1.54, 1.807) is 0 Å². The maximum Gasteiger partial charge on any atom is 0.320 e. The first-order valence-electron chi connectivity index (χ1n) is 5.35. The fourth-order valence-corrected chi connectivity index (χ4v) is 2.57. The summed E-state index contributed by atoms with van der Waals surface area (Å²) in [5.41, 5.74) is 5.16. The molecule has 0 bridgehead atoms. The Bertz CT molecular complexity index is 624. The molecule has 4 nitrogen and oxygen atoms in total. The summed E-state index contributed by atoms with van der Waals surface area (Å²) >= 11 is 5.52. The lowest BCUT2D eigenvalue weighted by atomic mass is 10.2. The summed E-state index contributed by atoms with van der Waals surface area (Å²) < 4.78 is 87.4. The molecule has 21 heavy (non-hydrogen) atoms. The Morgan fingerprint density at radius 3 is 2.38 bits per heavy atom. The lowest BCUT2D eigenvalue weighted by molar-refractivity contribution is -0.122. The third-order valence-electron chi connectivity index (χ3n) is 2.42. The van der Waals surface area contributed by atoms with Gasteiger partial charge in [-0.1, -0.05) is 11.6 Å². The molecule has 0 aliphatic heterocycles. The van der Waals surface area contributed by atoms with E-state index in [0.29, 0.717) is 6.07 Å². The molecule has 1 rings (SSSR count). The van der Waals surface area contributed by atoms with Gasteiger partial charge in [0.2, 0.25) is 10.0 Å². The molecule has 0 saturated heterocycles. The molecule has 0 aliphatic rings. The lowest BCUT2D eigenvalue weighted by Crippen LogP contribution is -2.41. The van der Waals surface area contributed by atoms with E-state index in [-0.39, 0.29) is 12.1 Å². The van der Waals surface area contributed by atoms with E-state index in [4.69, 9.17) is 17.3 Å². The number of halogens is 6. The topological polar surface area (TPSA) is 72.2 Å². The number of benzene rings is 1. The molecule has 1 aromatic rings. The molecule has 120 valence electrons. The molecule has 0 fully saturated rings. The molecule has 0 aliphatic carbocycles. The van der Waals surface area contributed by atoms with Gasteiger partial charge in [0.05, 0.1) is 16.5 Å². The summed E-state index contributed by atoms with van der Waals surface area (Å²) in [6.07, 6.45) is -4.04. The minimum atomic E-state index is -4.62. The van der Waals surface area contributed by atoms with Gasteiger partial charge in [0.1, 0.15) is 5.82 Å². The van der Waals surface area contributed by atoms with Gasteiger partial charge in [-0.15, -0.1) is 0 Å². The van der Waals surface area contributed by atoms with Crippen LogP contribution in [0, 0.1) is 5.82 Å². The van der Waals surface area contributed by atoms with Crippen LogP contribution in [0.5, 0.6) is 0 Å². The van der Waals surface area contributed by atoms with Crippen LogP contribution in [0.25, 0.3) is 0 Å². The van der Waals surface area contributed by atoms with Gasteiger partial charge in [-0.05, 0) is 17.7 Å². The molecule has 0 unspecified atom stereocenters. The molecular weight excluding hydrogens is 343 g/mol. The quantitative estimate of drug-likeness (QED) is 0.770. The van der Waals surface area contributed by atoms with Crippen molar-refractivity contribution in [1.82, 2.24) is 4.72 Å². The number of nitrogens with two attached hydrogens (primary N) is 1. The second kappa shape index (κ2) is 6.42. The van der Waals surface area contributed by atoms with E-state index < -0.39 is 44.7 Å². The van der Waals surface area contributed by atoms with E-state index in [1.807, 2.05) is 0 Å². The van der Waals surface area contributed by atoms with Crippen LogP contribution in [-0.2, 0) is 16.6 Å². The van der Waals surface area contributed by atoms with Gasteiger partial charge in [-0.3, -0.25) is 0 Å². The van der Waals surface area contributed by atoms with Crippen molar-refractivity contribution in [1.29, 1.82) is 0 Å². The van der Waals surface area contributed by atoms with Gasteiger partial charge in [-0.2, -0.15) is 8.78 Å². The summed E-state index contributed by atoms with van der Waals surface area (Å²) in [4.78, 5) is -0.741. The zero-order valence-corrected chi connectivity index (χ0v) is 11.8. The van der Waals surface area contributed by atoms with Crippen LogP contribution >= 0.6 is 11.6 Å². The maximum absolute atomic E-state index is 13.4. The van der Waals surface area contributed by atoms with Crippen molar-refractivity contribution in [2.45, 2.75) is 23.8 Å². The first-order valence-corrected chi connectivity index (χ1v) is 7.21. The molecule has 11 heteroatoms. The van der Waals surface area contributed by atoms with E-state index in [0.717, 1.165) is 6.07 Å². The molecular formula is C10H10ClF5N2O2S. The molecule has 0 aromatic heterocycles. The van der Waals surface area contributed by atoms with E-state index in [1.165, 1.54) is 4.72 Å². The number of hydrogen-bond donors (Lipinski definition) is 2. The number of rotatable bonds is 6. The van der Waals surface area contributed by atoms with Crippen LogP contribution in [-0.4, -0.2) is 27.3 Å². The highest BCUT2D eigenvalue weighted by molar-refractivity contribution is 7.89. The molecule has 0 amide bonds. The van der Waals surface area contributed by atoms with Crippen LogP contribution in [0.2, 0.25) is 5.02 Å². The molecule has 0 spiro atoms. The Balaban J connectivity index is 3.07. The number of nitrogens with one attached hydrogen (secondary N) is 1. The summed E-state index contributed by atoms with van der Waals surface area (Å²) in [7, 11) is -4.62. The average molecular weight is 353 g/mol. The first-order chi connectivity index (χ1) is 9.51. The Kier molecular flexibility index (Phi) is 5.53. The monoisotopic (exact) mass is 352 g/mol. The fraction of sp³-hybridized carbons (Fsp3) is 0.400. The summed E-state index contributed by atoms with van der Waals surface area (Å²) in [6.45, 7) is -2.12. The van der Waals surface area contributed by atoms with Crippen LogP contribution in [0.1, 0.15) is 5.56 Å². The summed E-state index contributed by atoms with van der Waals surface area (Å²) in [5, 5.41) is -0.408. The number of alkyl halides is 4. The van der Waals surface area contributed by atoms with Crippen LogP contribution in [0.4, 0.5) is 22.0 Å². The van der Waals surface area contributed by atoms with Crippen molar-refractivity contribution in [3.8, 4) is 0 Å². The Morgan fingerprint density at radius 2 is 1.90 bits per heavy atom. The highest BCUT2D eigenvalue weighted by Crippen LogP contribution is 2.25. The van der Waals surface area contributed by atoms with Crippen molar-refractivity contribution in [3.63, 3.8) is 0 Å². The Morgan fingerprint density at radius 1 is 1.33 bits per heavy atom. The predicted octanol–water partition coefficient (Wildman–Crippen LogP) is 2.12. The Hall–Kier alpha value is -0.970. The summed E-state index contributed by atoms with van der Waals surface area (Å²) in [5.74, 6) is -5.67. The molecule has 0 atom stereocenters. The highest BCUT2D eigenvalue weighted by atomic mass is 35.5. The van der Waals surface area contributed by atoms with Gasteiger partial charge in [0.15, 0.2) is 0 Å². The van der Waals surface area contributed by atoms with Crippen molar-refractivity contribution in [3.05, 3.63) is 28.5 Å². The molecule has 0 heterocycles. The van der Waals surface area contributed by atoms with Crippen molar-refractivity contribution < 1.29 is 30.4 Å². The second-order valence-electron chi connectivity index (χ2n) is 3.97. The standard InChI is InChI=1S/C10H10ClF5N2O2S/c11-8-5(3-17)1-6(2-7(8)12)21(19,20)18-4-10(15,16)9(13)14/h1-2,9,18H,3-4,17H2. The van der Waals surface area contributed by atoms with Crippen molar-refractivity contribution in [2.24, 2.45) is 5.73 Å². The SMILES string of the molecule is NCc1cc(S(=O)(=O)NCC(F)(F)C(F)F)cc(F)c1Cl. The predicted molar refractivity (Wildman–Crippen MR) is 65.4 cm³/mol. The molecule has 3 N–H and O–H groups in total. The lowest BCUT2D eigenvalue weighted by Gasteiger charge is -2.16. The maximum atomic E-state index is 13.4. The highest BCUT2D eigenvalue weighted by Gasteiger charge is 2.41. The Labute approximate surface area is 122 Å². The average Bonchev–Trinajstić information content (AvgIpc) is 2.39. The van der Waals surface area contributed by atoms with Crippen LogP contribution in [0.15, 0.2) is 17.0 Å². The zero-order valence-electron chi connectivity index (χ0n) is 10.2. The van der Waals surface area contributed by atoms with Crippen molar-refractivity contribution >= 4 is 21.6 Å². The summed E-state index contributed by atoms with van der Waals surface area (Å²) in [6, 6.07) is 1.35. The minimum Gasteiger partial charge on any atom is -0.326 e. The van der Waals surface area contributed by atoms with Gasteiger partial charge < -0.3 is 5.73 Å². The third kappa shape index (κ3) is 4.25. The van der Waals surface area contributed by atoms with Gasteiger partial charge in [0, 0.05) is 6.54 Å². The van der Waals surface area contributed by atoms with Gasteiger partial charge >= 0.3 is 12.3 Å². The molecule has 0 radical (unpaired) electrons. The molecule has 1 aromatic carbocycles. The number of hydrogen-bond acceptors (Lipinski definition) is 3. The smallest absolute Gasteiger partial charge is 0.320 e. The molecule has 0 saturated carbocycles. The van der Waals surface area contributed by atoms with Gasteiger partial charge in [-0.25, -0.2) is 26.3 Å². The van der Waals surface area contributed by atoms with Crippen LogP contribution < -0.4 is 10.5 Å². The van der Waals surface area contributed by atoms with Gasteiger partial charge in [0.25, 0.3) is 0 Å². The minimum absolute atomic E-state index is 0.0716. The van der Waals surface area contributed by atoms with E-state index in [9.17, 15) is 30.4 Å². The fourth-order valence-electron chi connectivity index (χ4n) is 1.27. The first kappa shape index (κ1) is 18.1. The van der Waals surface area contributed by atoms with Crippen molar-refractivity contribution in [2.75, 3.05) is 6.54 Å². The van der Waals surface area contributed by atoms with E-state index in [2.05, 4.69) is 0 Å². The van der Waals surface area contributed by atoms with Crippen LogP contribution in [0.3, 0.4) is 0 Å². The number of sulfonamides is 1. The second-order valence-corrected chi connectivity index (χ2v) is 6.11. The normalized spacial score (nSPS) is 13.0. The van der Waals surface area contributed by atoms with E-state index >= 15 is 0 Å². The zero-order chi connectivity index (χ0) is 16.4. The third-order valence-corrected chi connectivity index (χ3v) is 4.23.